The lowest BCUT2D eigenvalue weighted by atomic mass is 10.0. The minimum atomic E-state index is -0.472. The summed E-state index contributed by atoms with van der Waals surface area (Å²) in [5.41, 5.74) is 2.55. The number of carbonyl (C=O) groups is 2. The van der Waals surface area contributed by atoms with Gasteiger partial charge in [0.15, 0.2) is 5.78 Å². The third kappa shape index (κ3) is 4.88. The van der Waals surface area contributed by atoms with E-state index >= 15 is 0 Å². The third-order valence-corrected chi connectivity index (χ3v) is 5.65. The van der Waals surface area contributed by atoms with Crippen LogP contribution in [0.25, 0.3) is 0 Å². The Balaban J connectivity index is 1.66. The first-order valence-electron chi connectivity index (χ1n) is 10.0. The highest BCUT2D eigenvalue weighted by Gasteiger charge is 2.27. The molecule has 0 radical (unpaired) electrons. The van der Waals surface area contributed by atoms with Crippen LogP contribution in [-0.2, 0) is 4.74 Å². The van der Waals surface area contributed by atoms with Crippen LogP contribution < -0.4 is 4.90 Å². The summed E-state index contributed by atoms with van der Waals surface area (Å²) in [6.45, 7) is 7.96. The number of piperazine rings is 1. The molecule has 1 N–H and O–H groups in total. The molecule has 0 amide bonds. The Morgan fingerprint density at radius 2 is 1.90 bits per heavy atom. The van der Waals surface area contributed by atoms with Crippen molar-refractivity contribution in [3.63, 3.8) is 0 Å². The monoisotopic (exact) mass is 448 g/mol. The number of anilines is 1. The molecule has 1 fully saturated rings. The van der Waals surface area contributed by atoms with Crippen molar-refractivity contribution < 1.29 is 19.2 Å². The molecular weight excluding hydrogens is 424 g/mol. The minimum absolute atomic E-state index is 0.0258. The number of aryl methyl sites for hydroxylation is 1. The van der Waals surface area contributed by atoms with Gasteiger partial charge in [0.2, 0.25) is 0 Å². The van der Waals surface area contributed by atoms with Gasteiger partial charge in [-0.15, -0.1) is 0 Å². The molecule has 1 aliphatic heterocycles. The Morgan fingerprint density at radius 1 is 1.23 bits per heavy atom. The summed E-state index contributed by atoms with van der Waals surface area (Å²) in [6.07, 6.45) is 0. The number of nitrogens with zero attached hydrogens (tertiary/aromatic N) is 3. The lowest BCUT2D eigenvalue weighted by Crippen LogP contribution is -2.48. The first kappa shape index (κ1) is 22.8. The second-order valence-electron chi connectivity index (χ2n) is 7.42. The molecule has 1 aliphatic rings. The van der Waals surface area contributed by atoms with E-state index in [1.54, 1.807) is 32.9 Å². The highest BCUT2D eigenvalue weighted by Crippen LogP contribution is 2.31. The van der Waals surface area contributed by atoms with Crippen molar-refractivity contribution >= 4 is 34.7 Å². The number of aromatic amines is 1. The zero-order valence-electron chi connectivity index (χ0n) is 17.7. The molecule has 31 heavy (non-hydrogen) atoms. The maximum Gasteiger partial charge on any atom is 0.355 e. The van der Waals surface area contributed by atoms with E-state index in [0.29, 0.717) is 59.4 Å². The predicted octanol–water partition coefficient (Wildman–Crippen LogP) is 3.37. The highest BCUT2D eigenvalue weighted by molar-refractivity contribution is 6.30. The molecule has 0 atom stereocenters. The van der Waals surface area contributed by atoms with E-state index in [9.17, 15) is 19.7 Å². The van der Waals surface area contributed by atoms with Crippen molar-refractivity contribution in [3.05, 3.63) is 55.9 Å². The highest BCUT2D eigenvalue weighted by atomic mass is 35.5. The summed E-state index contributed by atoms with van der Waals surface area (Å²) in [6, 6.07) is 4.65. The summed E-state index contributed by atoms with van der Waals surface area (Å²) in [4.78, 5) is 42.9. The van der Waals surface area contributed by atoms with E-state index < -0.39 is 10.9 Å². The molecule has 0 aliphatic carbocycles. The zero-order chi connectivity index (χ0) is 22.7. The number of nitrogens with one attached hydrogen (secondary N) is 1. The van der Waals surface area contributed by atoms with E-state index in [1.807, 2.05) is 9.80 Å². The maximum absolute atomic E-state index is 12.9. The quantitative estimate of drug-likeness (QED) is 0.299. The van der Waals surface area contributed by atoms with Gasteiger partial charge in [0.1, 0.15) is 11.4 Å². The van der Waals surface area contributed by atoms with Crippen LogP contribution in [0.3, 0.4) is 0 Å². The Morgan fingerprint density at radius 3 is 2.52 bits per heavy atom. The number of Topliss-reactive ketones (excluding diaryl/α,β-unsaturated/α-hetero) is 1. The standard InChI is InChI=1S/C21H25ClN4O5/c1-4-31-21(28)20-13(2)19(14(3)23-20)18(27)12-24-7-9-25(10-8-24)16-6-5-15(22)11-17(16)26(29)30/h5-6,11,23H,4,7-10,12H2,1-3H3. The molecule has 0 saturated carbocycles. The van der Waals surface area contributed by atoms with E-state index in [2.05, 4.69) is 4.98 Å². The summed E-state index contributed by atoms with van der Waals surface area (Å²) in [5, 5.41) is 11.7. The zero-order valence-corrected chi connectivity index (χ0v) is 18.5. The average Bonchev–Trinajstić information content (AvgIpc) is 3.03. The van der Waals surface area contributed by atoms with Crippen LogP contribution in [0.5, 0.6) is 0 Å². The number of nitro benzene ring substituents is 1. The second kappa shape index (κ2) is 9.49. The first-order valence-corrected chi connectivity index (χ1v) is 10.4. The maximum atomic E-state index is 12.9. The van der Waals surface area contributed by atoms with Gasteiger partial charge < -0.3 is 14.6 Å². The van der Waals surface area contributed by atoms with Gasteiger partial charge in [0.25, 0.3) is 5.69 Å². The van der Waals surface area contributed by atoms with Crippen LogP contribution in [0.1, 0.15) is 39.0 Å². The number of aromatic nitrogens is 1. The van der Waals surface area contributed by atoms with Gasteiger partial charge in [0.05, 0.1) is 18.1 Å². The molecule has 1 aromatic carbocycles. The number of hydrogen-bond acceptors (Lipinski definition) is 7. The number of benzene rings is 1. The molecular formula is C21H25ClN4O5. The van der Waals surface area contributed by atoms with Crippen molar-refractivity contribution in [1.82, 2.24) is 9.88 Å². The van der Waals surface area contributed by atoms with Gasteiger partial charge in [-0.05, 0) is 38.5 Å². The van der Waals surface area contributed by atoms with E-state index in [4.69, 9.17) is 16.3 Å². The number of ether oxygens (including phenoxy) is 1. The van der Waals surface area contributed by atoms with Gasteiger partial charge in [0, 0.05) is 48.5 Å². The third-order valence-electron chi connectivity index (χ3n) is 5.41. The van der Waals surface area contributed by atoms with Crippen LogP contribution in [0.15, 0.2) is 18.2 Å². The first-order chi connectivity index (χ1) is 14.7. The number of halogens is 1. The molecule has 166 valence electrons. The van der Waals surface area contributed by atoms with Gasteiger partial charge in [-0.1, -0.05) is 11.6 Å². The Labute approximate surface area is 185 Å². The van der Waals surface area contributed by atoms with Crippen LogP contribution in [0.2, 0.25) is 5.02 Å². The number of hydrogen-bond donors (Lipinski definition) is 1. The fraction of sp³-hybridized carbons (Fsp3) is 0.429. The van der Waals surface area contributed by atoms with E-state index in [1.165, 1.54) is 6.07 Å². The molecule has 9 nitrogen and oxygen atoms in total. The van der Waals surface area contributed by atoms with Gasteiger partial charge in [-0.3, -0.25) is 19.8 Å². The number of ketones is 1. The van der Waals surface area contributed by atoms with Gasteiger partial charge in [-0.25, -0.2) is 4.79 Å². The van der Waals surface area contributed by atoms with Crippen molar-refractivity contribution in [2.75, 3.05) is 44.2 Å². The SMILES string of the molecule is CCOC(=O)c1[nH]c(C)c(C(=O)CN2CCN(c3ccc(Cl)cc3[N+](=O)[O-])CC2)c1C. The number of carbonyl (C=O) groups excluding carboxylic acids is 2. The van der Waals surface area contributed by atoms with Crippen LogP contribution in [0, 0.1) is 24.0 Å². The smallest absolute Gasteiger partial charge is 0.355 e. The predicted molar refractivity (Wildman–Crippen MR) is 117 cm³/mol. The Bertz CT molecular complexity index is 1010. The lowest BCUT2D eigenvalue weighted by Gasteiger charge is -2.35. The fourth-order valence-electron chi connectivity index (χ4n) is 3.91. The van der Waals surface area contributed by atoms with Crippen molar-refractivity contribution in [2.24, 2.45) is 0 Å². The Hall–Kier alpha value is -2.91. The van der Waals surface area contributed by atoms with Crippen molar-refractivity contribution in [1.29, 1.82) is 0 Å². The molecule has 0 spiro atoms. The molecule has 10 heteroatoms. The summed E-state index contributed by atoms with van der Waals surface area (Å²) >= 11 is 5.90. The number of H-pyrrole nitrogens is 1. The Kier molecular flexibility index (Phi) is 6.97. The summed E-state index contributed by atoms with van der Waals surface area (Å²) in [5.74, 6) is -0.548. The van der Waals surface area contributed by atoms with Gasteiger partial charge >= 0.3 is 5.97 Å². The van der Waals surface area contributed by atoms with Crippen molar-refractivity contribution in [3.8, 4) is 0 Å². The molecule has 0 unspecified atom stereocenters. The van der Waals surface area contributed by atoms with Crippen LogP contribution in [-0.4, -0.2) is 65.9 Å². The van der Waals surface area contributed by atoms with Crippen LogP contribution in [0.4, 0.5) is 11.4 Å². The number of rotatable bonds is 7. The summed E-state index contributed by atoms with van der Waals surface area (Å²) < 4.78 is 5.04. The largest absolute Gasteiger partial charge is 0.461 e. The molecule has 1 aromatic heterocycles. The second-order valence-corrected chi connectivity index (χ2v) is 7.86. The molecule has 3 rings (SSSR count). The average molecular weight is 449 g/mol. The van der Waals surface area contributed by atoms with E-state index in [-0.39, 0.29) is 24.6 Å². The van der Waals surface area contributed by atoms with Crippen molar-refractivity contribution in [2.45, 2.75) is 20.8 Å². The fourth-order valence-corrected chi connectivity index (χ4v) is 4.08. The molecule has 1 saturated heterocycles. The molecule has 2 aromatic rings. The number of esters is 1. The summed E-state index contributed by atoms with van der Waals surface area (Å²) in [7, 11) is 0. The normalized spacial score (nSPS) is 14.5. The van der Waals surface area contributed by atoms with Gasteiger partial charge in [-0.2, -0.15) is 0 Å². The van der Waals surface area contributed by atoms with E-state index in [0.717, 1.165) is 0 Å². The topological polar surface area (TPSA) is 109 Å². The molecule has 2 heterocycles. The minimum Gasteiger partial charge on any atom is -0.461 e. The molecule has 0 bridgehead atoms. The van der Waals surface area contributed by atoms with Crippen LogP contribution >= 0.6 is 11.6 Å². The lowest BCUT2D eigenvalue weighted by molar-refractivity contribution is -0.384. The number of nitro groups is 1.